The van der Waals surface area contributed by atoms with Crippen molar-refractivity contribution in [1.82, 2.24) is 4.90 Å². The number of anilines is 1. The molecule has 1 N–H and O–H groups in total. The van der Waals surface area contributed by atoms with E-state index in [4.69, 9.17) is 4.74 Å². The van der Waals surface area contributed by atoms with E-state index >= 15 is 0 Å². The molecule has 3 rings (SSSR count). The van der Waals surface area contributed by atoms with Gasteiger partial charge in [-0.25, -0.2) is 0 Å². The number of amides is 2. The van der Waals surface area contributed by atoms with Crippen LogP contribution in [0.25, 0.3) is 0 Å². The minimum absolute atomic E-state index is 0.0965. The molecule has 2 amide bonds. The molecule has 1 fully saturated rings. The van der Waals surface area contributed by atoms with Crippen LogP contribution < -0.4 is 10.1 Å². The molecule has 29 heavy (non-hydrogen) atoms. The molecule has 8 heteroatoms. The summed E-state index contributed by atoms with van der Waals surface area (Å²) in [6.07, 6.45) is 4.25. The molecule has 0 atom stereocenters. The van der Waals surface area contributed by atoms with Crippen LogP contribution in [0.2, 0.25) is 0 Å². The van der Waals surface area contributed by atoms with Gasteiger partial charge < -0.3 is 15.0 Å². The molecule has 8 nitrogen and oxygen atoms in total. The van der Waals surface area contributed by atoms with Crippen molar-refractivity contribution in [2.45, 2.75) is 25.7 Å². The highest BCUT2D eigenvalue weighted by Crippen LogP contribution is 2.22. The van der Waals surface area contributed by atoms with Crippen molar-refractivity contribution in [2.75, 3.05) is 25.0 Å². The Morgan fingerprint density at radius 3 is 2.48 bits per heavy atom. The highest BCUT2D eigenvalue weighted by atomic mass is 16.6. The van der Waals surface area contributed by atoms with Gasteiger partial charge in [0, 0.05) is 30.9 Å². The van der Waals surface area contributed by atoms with E-state index in [2.05, 4.69) is 5.32 Å². The maximum Gasteiger partial charge on any atom is 0.271 e. The summed E-state index contributed by atoms with van der Waals surface area (Å²) in [5, 5.41) is 13.5. The number of hydrogen-bond donors (Lipinski definition) is 1. The zero-order valence-corrected chi connectivity index (χ0v) is 16.0. The number of ether oxygens (including phenoxy) is 1. The highest BCUT2D eigenvalue weighted by molar-refractivity contribution is 6.06. The molecule has 152 valence electrons. The van der Waals surface area contributed by atoms with Gasteiger partial charge in [-0.1, -0.05) is 31.0 Å². The number of non-ortho nitro benzene ring substituents is 1. The van der Waals surface area contributed by atoms with E-state index in [1.807, 2.05) is 0 Å². The molecular formula is C21H23N3O5. The number of carbonyl (C=O) groups excluding carboxylic acids is 2. The standard InChI is InChI=1S/C21H23N3O5/c25-20(23-12-5-1-2-6-13-23)15-29-19-11-4-3-10-18(19)21(26)22-16-8-7-9-17(14-16)24(27)28/h3-4,7-11,14H,1-2,5-6,12-13,15H2,(H,22,26). The Hall–Kier alpha value is -3.42. The number of para-hydroxylation sites is 1. The largest absolute Gasteiger partial charge is 0.483 e. The fourth-order valence-corrected chi connectivity index (χ4v) is 3.23. The average molecular weight is 397 g/mol. The summed E-state index contributed by atoms with van der Waals surface area (Å²) in [7, 11) is 0. The second-order valence-electron chi connectivity index (χ2n) is 6.84. The van der Waals surface area contributed by atoms with Crippen LogP contribution >= 0.6 is 0 Å². The maximum atomic E-state index is 12.7. The first-order chi connectivity index (χ1) is 14.0. The third-order valence-electron chi connectivity index (χ3n) is 4.76. The van der Waals surface area contributed by atoms with Crippen molar-refractivity contribution < 1.29 is 19.2 Å². The average Bonchev–Trinajstić information content (AvgIpc) is 3.02. The molecule has 0 spiro atoms. The molecule has 0 aliphatic carbocycles. The number of nitrogens with zero attached hydrogens (tertiary/aromatic N) is 2. The Labute approximate surface area is 168 Å². The Morgan fingerprint density at radius 1 is 1.03 bits per heavy atom. The normalized spacial score (nSPS) is 14.0. The summed E-state index contributed by atoms with van der Waals surface area (Å²) >= 11 is 0. The molecule has 2 aromatic carbocycles. The van der Waals surface area contributed by atoms with Gasteiger partial charge in [0.25, 0.3) is 17.5 Å². The van der Waals surface area contributed by atoms with Crippen LogP contribution in [-0.2, 0) is 4.79 Å². The fourth-order valence-electron chi connectivity index (χ4n) is 3.23. The van der Waals surface area contributed by atoms with Crippen molar-refractivity contribution in [3.8, 4) is 5.75 Å². The second kappa shape index (κ2) is 9.68. The van der Waals surface area contributed by atoms with Crippen molar-refractivity contribution in [3.63, 3.8) is 0 Å². The van der Waals surface area contributed by atoms with Crippen molar-refractivity contribution in [3.05, 3.63) is 64.2 Å². The lowest BCUT2D eigenvalue weighted by molar-refractivity contribution is -0.384. The number of nitrogens with one attached hydrogen (secondary N) is 1. The van der Waals surface area contributed by atoms with Gasteiger partial charge >= 0.3 is 0 Å². The zero-order chi connectivity index (χ0) is 20.6. The lowest BCUT2D eigenvalue weighted by atomic mass is 10.1. The van der Waals surface area contributed by atoms with Crippen LogP contribution in [0.3, 0.4) is 0 Å². The lowest BCUT2D eigenvalue weighted by Gasteiger charge is -2.20. The van der Waals surface area contributed by atoms with Gasteiger partial charge in [0.2, 0.25) is 0 Å². The summed E-state index contributed by atoms with van der Waals surface area (Å²) in [4.78, 5) is 37.3. The molecule has 1 saturated heterocycles. The summed E-state index contributed by atoms with van der Waals surface area (Å²) in [6.45, 7) is 1.33. The number of nitro benzene ring substituents is 1. The second-order valence-corrected chi connectivity index (χ2v) is 6.84. The predicted octanol–water partition coefficient (Wildman–Crippen LogP) is 3.63. The van der Waals surface area contributed by atoms with Crippen molar-refractivity contribution in [2.24, 2.45) is 0 Å². The first kappa shape index (κ1) is 20.3. The highest BCUT2D eigenvalue weighted by Gasteiger charge is 2.18. The molecule has 2 aromatic rings. The topological polar surface area (TPSA) is 102 Å². The van der Waals surface area contributed by atoms with E-state index in [0.29, 0.717) is 11.4 Å². The number of likely N-dealkylation sites (tertiary alicyclic amines) is 1. The summed E-state index contributed by atoms with van der Waals surface area (Å²) in [6, 6.07) is 12.3. The Kier molecular flexibility index (Phi) is 6.78. The summed E-state index contributed by atoms with van der Waals surface area (Å²) in [5.41, 5.74) is 0.442. The van der Waals surface area contributed by atoms with Crippen molar-refractivity contribution in [1.29, 1.82) is 0 Å². The Balaban J connectivity index is 1.66. The van der Waals surface area contributed by atoms with Crippen LogP contribution in [0.5, 0.6) is 5.75 Å². The summed E-state index contributed by atoms with van der Waals surface area (Å²) in [5.74, 6) is -0.275. The summed E-state index contributed by atoms with van der Waals surface area (Å²) < 4.78 is 5.65. The van der Waals surface area contributed by atoms with Gasteiger partial charge in [-0.3, -0.25) is 19.7 Å². The molecule has 1 aliphatic heterocycles. The van der Waals surface area contributed by atoms with E-state index in [0.717, 1.165) is 38.8 Å². The number of nitro groups is 1. The van der Waals surface area contributed by atoms with E-state index in [9.17, 15) is 19.7 Å². The molecular weight excluding hydrogens is 374 g/mol. The number of benzene rings is 2. The van der Waals surface area contributed by atoms with Gasteiger partial charge in [-0.2, -0.15) is 0 Å². The van der Waals surface area contributed by atoms with Crippen LogP contribution in [0.15, 0.2) is 48.5 Å². The lowest BCUT2D eigenvalue weighted by Crippen LogP contribution is -2.35. The smallest absolute Gasteiger partial charge is 0.271 e. The molecule has 1 heterocycles. The van der Waals surface area contributed by atoms with Gasteiger partial charge in [0.05, 0.1) is 10.5 Å². The van der Waals surface area contributed by atoms with Crippen LogP contribution in [0.1, 0.15) is 36.0 Å². The monoisotopic (exact) mass is 397 g/mol. The SMILES string of the molecule is O=C(Nc1cccc([N+](=O)[O-])c1)c1ccccc1OCC(=O)N1CCCCCC1. The molecule has 0 aromatic heterocycles. The van der Waals surface area contributed by atoms with Crippen molar-refractivity contribution >= 4 is 23.2 Å². The third kappa shape index (κ3) is 5.54. The Morgan fingerprint density at radius 2 is 1.76 bits per heavy atom. The number of carbonyl (C=O) groups is 2. The van der Waals surface area contributed by atoms with Crippen LogP contribution in [0.4, 0.5) is 11.4 Å². The maximum absolute atomic E-state index is 12.7. The van der Waals surface area contributed by atoms with Crippen LogP contribution in [0, 0.1) is 10.1 Å². The first-order valence-electron chi connectivity index (χ1n) is 9.60. The molecule has 1 aliphatic rings. The van der Waals surface area contributed by atoms with E-state index in [-0.39, 0.29) is 23.8 Å². The minimum Gasteiger partial charge on any atom is -0.483 e. The van der Waals surface area contributed by atoms with E-state index in [1.165, 1.54) is 18.2 Å². The predicted molar refractivity (Wildman–Crippen MR) is 108 cm³/mol. The Bertz CT molecular complexity index is 891. The first-order valence-corrected chi connectivity index (χ1v) is 9.60. The molecule has 0 saturated carbocycles. The third-order valence-corrected chi connectivity index (χ3v) is 4.76. The van der Waals surface area contributed by atoms with Gasteiger partial charge in [-0.15, -0.1) is 0 Å². The van der Waals surface area contributed by atoms with Gasteiger partial charge in [0.1, 0.15) is 5.75 Å². The quantitative estimate of drug-likeness (QED) is 0.592. The van der Waals surface area contributed by atoms with E-state index < -0.39 is 10.8 Å². The molecule has 0 radical (unpaired) electrons. The number of rotatable bonds is 6. The number of hydrogen-bond acceptors (Lipinski definition) is 5. The van der Waals surface area contributed by atoms with Gasteiger partial charge in [-0.05, 0) is 31.0 Å². The zero-order valence-electron chi connectivity index (χ0n) is 16.0. The van der Waals surface area contributed by atoms with Crippen LogP contribution in [-0.4, -0.2) is 41.3 Å². The van der Waals surface area contributed by atoms with Gasteiger partial charge in [0.15, 0.2) is 6.61 Å². The van der Waals surface area contributed by atoms with E-state index in [1.54, 1.807) is 35.2 Å². The fraction of sp³-hybridized carbons (Fsp3) is 0.333. The molecule has 0 unspecified atom stereocenters. The minimum atomic E-state index is -0.527. The molecule has 0 bridgehead atoms.